The van der Waals surface area contributed by atoms with E-state index in [9.17, 15) is 4.79 Å². The van der Waals surface area contributed by atoms with Crippen LogP contribution in [-0.2, 0) is 11.8 Å². The van der Waals surface area contributed by atoms with Crippen LogP contribution < -0.4 is 9.47 Å². The first-order chi connectivity index (χ1) is 10.7. The minimum Gasteiger partial charge on any atom is -0.497 e. The highest BCUT2D eigenvalue weighted by Gasteiger charge is 2.48. The normalized spacial score (nSPS) is 21.8. The number of rotatable bonds is 2. The Balaban J connectivity index is 1.89. The molecular weight excluding hydrogens is 276 g/mol. The molecule has 22 heavy (non-hydrogen) atoms. The molecule has 2 aromatic carbocycles. The Morgan fingerprint density at radius 2 is 1.64 bits per heavy atom. The van der Waals surface area contributed by atoms with Crippen LogP contribution in [0.4, 0.5) is 0 Å². The van der Waals surface area contributed by atoms with Crippen LogP contribution in [0.2, 0.25) is 0 Å². The Morgan fingerprint density at radius 3 is 2.36 bits per heavy atom. The van der Waals surface area contributed by atoms with Crippen LogP contribution in [0, 0.1) is 0 Å². The average Bonchev–Trinajstić information content (AvgIpc) is 3.06. The van der Waals surface area contributed by atoms with Gasteiger partial charge in [-0.1, -0.05) is 12.1 Å². The van der Waals surface area contributed by atoms with E-state index in [-0.39, 0.29) is 11.2 Å². The minimum absolute atomic E-state index is 0.152. The van der Waals surface area contributed by atoms with Crippen molar-refractivity contribution in [1.82, 2.24) is 0 Å². The van der Waals surface area contributed by atoms with Gasteiger partial charge in [-0.15, -0.1) is 0 Å². The first-order valence-corrected chi connectivity index (χ1v) is 7.57. The van der Waals surface area contributed by atoms with Crippen LogP contribution in [0.3, 0.4) is 0 Å². The zero-order valence-corrected chi connectivity index (χ0v) is 12.8. The molecule has 0 unspecified atom stereocenters. The largest absolute Gasteiger partial charge is 0.497 e. The summed E-state index contributed by atoms with van der Waals surface area (Å²) in [5.74, 6) is 1.85. The fourth-order valence-electron chi connectivity index (χ4n) is 4.08. The summed E-state index contributed by atoms with van der Waals surface area (Å²) in [6, 6.07) is 12.1. The van der Waals surface area contributed by atoms with Crippen molar-refractivity contribution in [2.75, 3.05) is 14.2 Å². The van der Waals surface area contributed by atoms with Crippen molar-refractivity contribution >= 4 is 5.78 Å². The third kappa shape index (κ3) is 1.65. The molecule has 2 aromatic rings. The van der Waals surface area contributed by atoms with Crippen LogP contribution in [0.1, 0.15) is 39.9 Å². The second-order valence-corrected chi connectivity index (χ2v) is 6.12. The third-order valence-corrected chi connectivity index (χ3v) is 5.15. The number of ether oxygens (including phenoxy) is 2. The summed E-state index contributed by atoms with van der Waals surface area (Å²) in [6.45, 7) is 0. The summed E-state index contributed by atoms with van der Waals surface area (Å²) in [4.78, 5) is 12.5. The molecule has 0 fully saturated rings. The van der Waals surface area contributed by atoms with Gasteiger partial charge in [0.1, 0.15) is 11.5 Å². The number of ketones is 1. The van der Waals surface area contributed by atoms with E-state index in [1.807, 2.05) is 18.2 Å². The lowest BCUT2D eigenvalue weighted by atomic mass is 9.76. The molecule has 0 bridgehead atoms. The van der Waals surface area contributed by atoms with E-state index in [1.54, 1.807) is 14.2 Å². The van der Waals surface area contributed by atoms with Crippen molar-refractivity contribution < 1.29 is 14.3 Å². The quantitative estimate of drug-likeness (QED) is 0.850. The first kappa shape index (κ1) is 13.4. The van der Waals surface area contributed by atoms with Gasteiger partial charge in [-0.3, -0.25) is 4.79 Å². The standard InChI is InChI=1S/C19H18O3/c1-21-13-3-5-16-12(9-13)7-8-19(16)11-18(20)15-10-14(22-2)4-6-17(15)19/h3-6,9-10H,7-8,11H2,1-2H3/t19-/m1/s1. The molecule has 2 aliphatic carbocycles. The second kappa shape index (κ2) is 4.60. The van der Waals surface area contributed by atoms with E-state index in [0.29, 0.717) is 6.42 Å². The number of hydrogen-bond donors (Lipinski definition) is 0. The Kier molecular flexibility index (Phi) is 2.80. The Labute approximate surface area is 129 Å². The number of hydrogen-bond acceptors (Lipinski definition) is 3. The molecule has 1 spiro atoms. The maximum atomic E-state index is 12.5. The topological polar surface area (TPSA) is 35.5 Å². The lowest BCUT2D eigenvalue weighted by Crippen LogP contribution is -2.21. The maximum absolute atomic E-state index is 12.5. The van der Waals surface area contributed by atoms with E-state index >= 15 is 0 Å². The van der Waals surface area contributed by atoms with Crippen LogP contribution in [-0.4, -0.2) is 20.0 Å². The molecule has 2 aliphatic rings. The summed E-state index contributed by atoms with van der Waals surface area (Å²) in [6.07, 6.45) is 2.54. The van der Waals surface area contributed by atoms with Gasteiger partial charge in [0.15, 0.2) is 5.78 Å². The van der Waals surface area contributed by atoms with E-state index in [4.69, 9.17) is 9.47 Å². The molecule has 0 aliphatic heterocycles. The van der Waals surface area contributed by atoms with Crippen molar-refractivity contribution in [3.63, 3.8) is 0 Å². The van der Waals surface area contributed by atoms with E-state index in [2.05, 4.69) is 18.2 Å². The van der Waals surface area contributed by atoms with Crippen LogP contribution in [0.25, 0.3) is 0 Å². The maximum Gasteiger partial charge on any atom is 0.164 e. The molecule has 3 heteroatoms. The number of methoxy groups -OCH3 is 2. The van der Waals surface area contributed by atoms with Gasteiger partial charge in [0.05, 0.1) is 14.2 Å². The second-order valence-electron chi connectivity index (χ2n) is 6.12. The fourth-order valence-corrected chi connectivity index (χ4v) is 4.08. The van der Waals surface area contributed by atoms with E-state index < -0.39 is 0 Å². The van der Waals surface area contributed by atoms with Crippen molar-refractivity contribution in [1.29, 1.82) is 0 Å². The molecular formula is C19H18O3. The van der Waals surface area contributed by atoms with Crippen LogP contribution >= 0.6 is 0 Å². The SMILES string of the molecule is COc1ccc2c(c1)CC[C@@]21CC(=O)c2cc(OC)ccc21. The number of Topliss-reactive ketones (excluding diaryl/α,β-unsaturated/α-hetero) is 1. The van der Waals surface area contributed by atoms with Crippen molar-refractivity contribution in [2.45, 2.75) is 24.7 Å². The summed E-state index contributed by atoms with van der Waals surface area (Å²) < 4.78 is 10.6. The van der Waals surface area contributed by atoms with Crippen molar-refractivity contribution in [3.05, 3.63) is 58.7 Å². The summed E-state index contributed by atoms with van der Waals surface area (Å²) in [5.41, 5.74) is 4.41. The molecule has 0 aromatic heterocycles. The Bertz CT molecular complexity index is 778. The molecule has 0 amide bonds. The smallest absolute Gasteiger partial charge is 0.164 e. The highest BCUT2D eigenvalue weighted by atomic mass is 16.5. The predicted octanol–water partition coefficient (Wildman–Crippen LogP) is 3.52. The summed E-state index contributed by atoms with van der Waals surface area (Å²) in [5, 5.41) is 0. The number of carbonyl (C=O) groups is 1. The van der Waals surface area contributed by atoms with Gasteiger partial charge in [-0.05, 0) is 53.8 Å². The lowest BCUT2D eigenvalue weighted by molar-refractivity contribution is 0.0979. The molecule has 0 heterocycles. The Hall–Kier alpha value is -2.29. The lowest BCUT2D eigenvalue weighted by Gasteiger charge is -2.25. The molecule has 1 atom stereocenters. The number of benzene rings is 2. The first-order valence-electron chi connectivity index (χ1n) is 7.57. The number of aryl methyl sites for hydroxylation is 1. The van der Waals surface area contributed by atoms with Gasteiger partial charge < -0.3 is 9.47 Å². The van der Waals surface area contributed by atoms with Crippen molar-refractivity contribution in [3.8, 4) is 11.5 Å². The third-order valence-electron chi connectivity index (χ3n) is 5.15. The molecule has 3 nitrogen and oxygen atoms in total. The molecule has 112 valence electrons. The van der Waals surface area contributed by atoms with Crippen molar-refractivity contribution in [2.24, 2.45) is 0 Å². The zero-order chi connectivity index (χ0) is 15.3. The van der Waals surface area contributed by atoms with Gasteiger partial charge in [0.2, 0.25) is 0 Å². The Morgan fingerprint density at radius 1 is 0.955 bits per heavy atom. The van der Waals surface area contributed by atoms with Gasteiger partial charge in [0.25, 0.3) is 0 Å². The summed E-state index contributed by atoms with van der Waals surface area (Å²) >= 11 is 0. The fraction of sp³-hybridized carbons (Fsp3) is 0.316. The average molecular weight is 294 g/mol. The molecule has 4 rings (SSSR count). The number of fused-ring (bicyclic) bond motifs is 4. The highest BCUT2D eigenvalue weighted by Crippen LogP contribution is 2.53. The molecule has 0 radical (unpaired) electrons. The predicted molar refractivity (Wildman–Crippen MR) is 84.0 cm³/mol. The van der Waals surface area contributed by atoms with Gasteiger partial charge in [0, 0.05) is 17.4 Å². The molecule has 0 saturated heterocycles. The van der Waals surface area contributed by atoms with Gasteiger partial charge >= 0.3 is 0 Å². The number of carbonyl (C=O) groups excluding carboxylic acids is 1. The van der Waals surface area contributed by atoms with Crippen LogP contribution in [0.5, 0.6) is 11.5 Å². The minimum atomic E-state index is -0.152. The molecule has 0 N–H and O–H groups in total. The highest BCUT2D eigenvalue weighted by molar-refractivity contribution is 6.03. The summed E-state index contributed by atoms with van der Waals surface area (Å²) in [7, 11) is 3.32. The molecule has 0 saturated carbocycles. The monoisotopic (exact) mass is 294 g/mol. The van der Waals surface area contributed by atoms with Crippen LogP contribution in [0.15, 0.2) is 36.4 Å². The van der Waals surface area contributed by atoms with Gasteiger partial charge in [-0.2, -0.15) is 0 Å². The zero-order valence-electron chi connectivity index (χ0n) is 12.8. The van der Waals surface area contributed by atoms with E-state index in [0.717, 1.165) is 35.5 Å². The van der Waals surface area contributed by atoms with Gasteiger partial charge in [-0.25, -0.2) is 0 Å². The van der Waals surface area contributed by atoms with E-state index in [1.165, 1.54) is 11.1 Å².